The van der Waals surface area contributed by atoms with Crippen molar-refractivity contribution >= 4 is 80.2 Å². The van der Waals surface area contributed by atoms with Gasteiger partial charge < -0.3 is 29.7 Å². The third-order valence-corrected chi connectivity index (χ3v) is 9.49. The minimum atomic E-state index is -0.941. The Balaban J connectivity index is -0.000000262. The van der Waals surface area contributed by atoms with Crippen LogP contribution in [0, 0.1) is 35.5 Å². The van der Waals surface area contributed by atoms with Gasteiger partial charge in [0.05, 0.1) is 0 Å². The Morgan fingerprint density at radius 1 is 0.465 bits per heavy atom. The standard InChI is InChI=1S/3C11H22O2S.Sb/c3*1-3-5-6-7-9(4-2)10(8-14)11(12)13;/h3*9-10,14H,3-8H2,1-2H3,(H,12,13);/q;;;+3/p-3. The maximum atomic E-state index is 10.8. The van der Waals surface area contributed by atoms with Crippen molar-refractivity contribution in [3.63, 3.8) is 0 Å². The van der Waals surface area contributed by atoms with E-state index in [1.54, 1.807) is 0 Å². The number of carbonyl (C=O) groups excluding carboxylic acids is 3. The number of hydrogen-bond donors (Lipinski definition) is 3. The molecular formula is C33H63O6S3Sb. The first kappa shape index (κ1) is 50.1. The van der Waals surface area contributed by atoms with Gasteiger partial charge in [0.2, 0.25) is 0 Å². The molecule has 0 N–H and O–H groups in total. The van der Waals surface area contributed by atoms with Crippen molar-refractivity contribution in [3.8, 4) is 0 Å². The molecule has 6 nitrogen and oxygen atoms in total. The number of rotatable bonds is 24. The average molecular weight is 774 g/mol. The van der Waals surface area contributed by atoms with Crippen molar-refractivity contribution in [2.45, 2.75) is 138 Å². The van der Waals surface area contributed by atoms with Crippen LogP contribution in [0.15, 0.2) is 0 Å². The van der Waals surface area contributed by atoms with Crippen LogP contribution in [0.4, 0.5) is 0 Å². The first-order chi connectivity index (χ1) is 20.0. The summed E-state index contributed by atoms with van der Waals surface area (Å²) in [5.74, 6) is -2.04. The number of thiol groups is 3. The van der Waals surface area contributed by atoms with E-state index in [1.165, 1.54) is 38.5 Å². The Kier molecular flexibility index (Phi) is 41.0. The summed E-state index contributed by atoms with van der Waals surface area (Å²) in [6.45, 7) is 12.6. The summed E-state index contributed by atoms with van der Waals surface area (Å²) in [6, 6.07) is 0. The van der Waals surface area contributed by atoms with Crippen LogP contribution in [0.2, 0.25) is 0 Å². The molecule has 0 saturated heterocycles. The first-order valence-electron chi connectivity index (χ1n) is 16.5. The van der Waals surface area contributed by atoms with Gasteiger partial charge in [-0.25, -0.2) is 0 Å². The molecule has 6 atom stereocenters. The van der Waals surface area contributed by atoms with Gasteiger partial charge in [-0.05, 0) is 54.3 Å². The number of aliphatic carboxylic acids is 3. The molecule has 2 radical (unpaired) electrons. The SMILES string of the molecule is CCCCCC(CC)C(CS)C(=O)[O-].CCCCCC(CC)C(CS)C(=O)[O-].CCCCCC(CC)C(CS)C(=O)[O-].[Sb+3]. The summed E-state index contributed by atoms with van der Waals surface area (Å²) < 4.78 is 0. The van der Waals surface area contributed by atoms with Gasteiger partial charge in [0.15, 0.2) is 0 Å². The van der Waals surface area contributed by atoms with Gasteiger partial charge in [-0.1, -0.05) is 119 Å². The Bertz CT molecular complexity index is 571. The second-order valence-electron chi connectivity index (χ2n) is 11.3. The van der Waals surface area contributed by atoms with Gasteiger partial charge in [0, 0.05) is 35.7 Å². The molecule has 10 heteroatoms. The van der Waals surface area contributed by atoms with Crippen LogP contribution in [0.25, 0.3) is 0 Å². The molecule has 0 saturated carbocycles. The molecule has 0 rings (SSSR count). The van der Waals surface area contributed by atoms with Crippen LogP contribution in [-0.4, -0.2) is 59.6 Å². The van der Waals surface area contributed by atoms with Crippen LogP contribution in [0.5, 0.6) is 0 Å². The molecule has 0 heterocycles. The molecule has 0 aliphatic heterocycles. The Hall–Kier alpha value is 0.278. The zero-order chi connectivity index (χ0) is 32.9. The fourth-order valence-corrected chi connectivity index (χ4v) is 6.63. The summed E-state index contributed by atoms with van der Waals surface area (Å²) in [5, 5.41) is 32.4. The number of hydrogen-bond acceptors (Lipinski definition) is 9. The number of unbranched alkanes of at least 4 members (excludes halogenated alkanes) is 6. The van der Waals surface area contributed by atoms with E-state index in [-0.39, 0.29) is 59.9 Å². The number of carboxylic acids is 3. The summed E-state index contributed by atoms with van der Waals surface area (Å²) in [4.78, 5) is 32.4. The smallest absolute Gasteiger partial charge is 0.550 e. The number of carbonyl (C=O) groups is 3. The minimum absolute atomic E-state index is 0. The first-order valence-corrected chi connectivity index (χ1v) is 18.4. The third kappa shape index (κ3) is 26.1. The maximum absolute atomic E-state index is 10.8. The fourth-order valence-electron chi connectivity index (χ4n) is 5.29. The summed E-state index contributed by atoms with van der Waals surface area (Å²) in [7, 11) is 0. The van der Waals surface area contributed by atoms with E-state index in [4.69, 9.17) is 0 Å². The predicted molar refractivity (Wildman–Crippen MR) is 187 cm³/mol. The minimum Gasteiger partial charge on any atom is -0.550 e. The molecule has 0 aromatic heterocycles. The van der Waals surface area contributed by atoms with Crippen molar-refractivity contribution in [2.24, 2.45) is 35.5 Å². The van der Waals surface area contributed by atoms with Crippen molar-refractivity contribution in [1.29, 1.82) is 0 Å². The molecule has 0 aliphatic rings. The molecule has 43 heavy (non-hydrogen) atoms. The van der Waals surface area contributed by atoms with Gasteiger partial charge in [-0.15, -0.1) is 0 Å². The Morgan fingerprint density at radius 3 is 0.791 bits per heavy atom. The topological polar surface area (TPSA) is 120 Å². The molecule has 254 valence electrons. The van der Waals surface area contributed by atoms with Gasteiger partial charge in [0.25, 0.3) is 0 Å². The monoisotopic (exact) mass is 772 g/mol. The van der Waals surface area contributed by atoms with E-state index < -0.39 is 17.9 Å². The fraction of sp³-hybridized carbons (Fsp3) is 0.909. The molecule has 0 aromatic rings. The van der Waals surface area contributed by atoms with Crippen LogP contribution in [0.1, 0.15) is 138 Å². The van der Waals surface area contributed by atoms with E-state index in [0.29, 0.717) is 17.3 Å². The van der Waals surface area contributed by atoms with E-state index in [2.05, 4.69) is 58.7 Å². The van der Waals surface area contributed by atoms with E-state index in [0.717, 1.165) is 57.8 Å². The summed E-state index contributed by atoms with van der Waals surface area (Å²) in [6.07, 6.45) is 16.1. The average Bonchev–Trinajstić information content (AvgIpc) is 2.96. The van der Waals surface area contributed by atoms with Crippen molar-refractivity contribution in [2.75, 3.05) is 17.3 Å². The quantitative estimate of drug-likeness (QED) is 0.0698. The van der Waals surface area contributed by atoms with Crippen LogP contribution in [0.3, 0.4) is 0 Å². The molecule has 0 amide bonds. The molecule has 0 fully saturated rings. The second kappa shape index (κ2) is 35.1. The van der Waals surface area contributed by atoms with Crippen molar-refractivity contribution in [1.82, 2.24) is 0 Å². The van der Waals surface area contributed by atoms with Crippen LogP contribution < -0.4 is 15.3 Å². The normalized spacial score (nSPS) is 14.7. The molecule has 6 unspecified atom stereocenters. The van der Waals surface area contributed by atoms with Crippen molar-refractivity contribution < 1.29 is 29.7 Å². The molecule has 0 aliphatic carbocycles. The molecule has 0 bridgehead atoms. The molecule has 0 aromatic carbocycles. The largest absolute Gasteiger partial charge is 3.00 e. The zero-order valence-corrected chi connectivity index (χ0v) is 33.2. The maximum Gasteiger partial charge on any atom is 3.00 e. The Morgan fingerprint density at radius 2 is 0.674 bits per heavy atom. The zero-order valence-electron chi connectivity index (χ0n) is 27.9. The second-order valence-corrected chi connectivity index (χ2v) is 12.4. The summed E-state index contributed by atoms with van der Waals surface area (Å²) >= 11 is 12.2. The molecular weight excluding hydrogens is 710 g/mol. The predicted octanol–water partition coefficient (Wildman–Crippen LogP) is 5.29. The van der Waals surface area contributed by atoms with E-state index >= 15 is 0 Å². The number of carboxylic acid groups (broad SMARTS) is 3. The van der Waals surface area contributed by atoms with E-state index in [1.807, 2.05) is 20.8 Å². The van der Waals surface area contributed by atoms with Crippen LogP contribution in [-0.2, 0) is 14.4 Å². The van der Waals surface area contributed by atoms with Gasteiger partial charge in [-0.3, -0.25) is 0 Å². The van der Waals surface area contributed by atoms with Crippen LogP contribution >= 0.6 is 37.9 Å². The van der Waals surface area contributed by atoms with Crippen molar-refractivity contribution in [3.05, 3.63) is 0 Å². The summed E-state index contributed by atoms with van der Waals surface area (Å²) in [5.41, 5.74) is 0. The molecule has 0 spiro atoms. The van der Waals surface area contributed by atoms with E-state index in [9.17, 15) is 29.7 Å². The Labute approximate surface area is 298 Å². The third-order valence-electron chi connectivity index (χ3n) is 8.31. The van der Waals surface area contributed by atoms with Gasteiger partial charge >= 0.3 is 24.4 Å². The van der Waals surface area contributed by atoms with Gasteiger partial charge in [0.1, 0.15) is 0 Å². The van der Waals surface area contributed by atoms with Gasteiger partial charge in [-0.2, -0.15) is 37.9 Å².